The second-order valence-corrected chi connectivity index (χ2v) is 33.0. The molecule has 0 saturated heterocycles. The molecule has 0 aliphatic carbocycles. The molecule has 3 nitrogen and oxygen atoms in total. The van der Waals surface area contributed by atoms with Gasteiger partial charge in [-0.3, -0.25) is 4.79 Å². The van der Waals surface area contributed by atoms with Gasteiger partial charge in [0.25, 0.3) is 0 Å². The van der Waals surface area contributed by atoms with Crippen LogP contribution in [0.2, 0.25) is 0 Å². The van der Waals surface area contributed by atoms with Gasteiger partial charge in [0.15, 0.2) is 0 Å². The van der Waals surface area contributed by atoms with E-state index in [-0.39, 0.29) is 5.97 Å². The Kier molecular flexibility index (Phi) is 74.8. The summed E-state index contributed by atoms with van der Waals surface area (Å²) in [6.45, 7) is 23.9. The number of esters is 1. The minimum Gasteiger partial charge on any atom is -0.461 e. The van der Waals surface area contributed by atoms with Crippen molar-refractivity contribution in [1.82, 2.24) is 0 Å². The molecule has 0 aliphatic rings. The first kappa shape index (κ1) is 94.4. The van der Waals surface area contributed by atoms with E-state index in [1.165, 1.54) is 377 Å². The molecule has 0 spiro atoms. The molecule has 3 heteroatoms. The number of carbonyl (C=O) groups excluding carboxylic acids is 1. The lowest BCUT2D eigenvalue weighted by atomic mass is 9.90. The van der Waals surface area contributed by atoms with E-state index in [1.807, 2.05) is 0 Å². The molecule has 1 N–H and O–H groups in total. The molecule has 0 rings (SSSR count). The predicted octanol–water partition coefficient (Wildman–Crippen LogP) is 32.6. The van der Waals surface area contributed by atoms with Gasteiger partial charge in [0, 0.05) is 0 Å². The summed E-state index contributed by atoms with van der Waals surface area (Å²) in [6, 6.07) is 0. The highest BCUT2D eigenvalue weighted by molar-refractivity contribution is 5.73. The van der Waals surface area contributed by atoms with Crippen LogP contribution in [-0.4, -0.2) is 23.8 Å². The number of hydrogen-bond acceptors (Lipinski definition) is 3. The third kappa shape index (κ3) is 72.2. The van der Waals surface area contributed by atoms with E-state index in [0.29, 0.717) is 13.0 Å². The molecule has 0 aromatic rings. The molecule has 568 valence electrons. The van der Waals surface area contributed by atoms with Crippen LogP contribution in [0.15, 0.2) is 47.1 Å². The van der Waals surface area contributed by atoms with Crippen LogP contribution in [0.25, 0.3) is 0 Å². The average molecular weight is 1340 g/mol. The molecule has 0 amide bonds. The monoisotopic (exact) mass is 1340 g/mol. The van der Waals surface area contributed by atoms with Crippen molar-refractivity contribution in [2.24, 2.45) is 29.6 Å². The summed E-state index contributed by atoms with van der Waals surface area (Å²) in [5.41, 5.74) is 4.32. The van der Waals surface area contributed by atoms with Gasteiger partial charge in [-0.1, -0.05) is 443 Å². The van der Waals surface area contributed by atoms with Gasteiger partial charge in [0.05, 0.1) is 12.0 Å². The lowest BCUT2D eigenvalue weighted by molar-refractivity contribution is -0.152. The number of ether oxygens (including phenoxy) is 1. The summed E-state index contributed by atoms with van der Waals surface area (Å²) < 4.78 is 5.95. The van der Waals surface area contributed by atoms with E-state index in [4.69, 9.17) is 4.74 Å². The lowest BCUT2D eigenvalue weighted by Gasteiger charge is -2.21. The molecule has 0 heterocycles. The second-order valence-electron chi connectivity index (χ2n) is 33.0. The standard InChI is InChI=1S/C93H178O3/c1-11-13-15-17-19-21-23-25-27-29-30-31-32-33-34-35-36-37-38-39-40-41-42-43-44-45-47-49-51-53-55-57-59-61-81-92(94)91(80-60-58-56-54-52-50-48-46-28-26-24-22-20-18-16-14-12-2)93(95)96-83-82-90(10)79-67-78-89(9)77-66-76-88(8)75-65-74-87(7)73-64-72-86(6)71-63-70-85(5)69-62-68-84(3)4/h33-34,76,78,82,84-87,91-92,94H,11-32,35-75,77,79-81,83H2,1-10H3/b34-33-,88-76-,89-78-,90-82-/t85-,86-,87-,91+,92+/m0/s1. The average Bonchev–Trinajstić information content (AvgIpc) is 1.75. The van der Waals surface area contributed by atoms with Crippen molar-refractivity contribution >= 4 is 5.97 Å². The molecule has 96 heavy (non-hydrogen) atoms. The molecule has 5 atom stereocenters. The minimum atomic E-state index is -0.605. The van der Waals surface area contributed by atoms with E-state index >= 15 is 0 Å². The van der Waals surface area contributed by atoms with E-state index in [0.717, 1.165) is 81.5 Å². The first-order valence-corrected chi connectivity index (χ1v) is 44.4. The number of carbonyl (C=O) groups is 1. The van der Waals surface area contributed by atoms with Crippen LogP contribution in [0.5, 0.6) is 0 Å². The van der Waals surface area contributed by atoms with Crippen molar-refractivity contribution in [2.45, 2.75) is 506 Å². The van der Waals surface area contributed by atoms with E-state index in [2.05, 4.69) is 99.6 Å². The molecule has 0 aliphatic heterocycles. The number of aliphatic hydroxyl groups excluding tert-OH is 1. The van der Waals surface area contributed by atoms with Crippen molar-refractivity contribution in [2.75, 3.05) is 6.61 Å². The zero-order valence-corrected chi connectivity index (χ0v) is 67.7. The summed E-state index contributed by atoms with van der Waals surface area (Å²) >= 11 is 0. The summed E-state index contributed by atoms with van der Waals surface area (Å²) in [5.74, 6) is 2.89. The summed E-state index contributed by atoms with van der Waals surface area (Å²) in [6.07, 6.45) is 101. The summed E-state index contributed by atoms with van der Waals surface area (Å²) in [7, 11) is 0. The molecule has 0 unspecified atom stereocenters. The Morgan fingerprint density at radius 3 is 0.896 bits per heavy atom. The Morgan fingerprint density at radius 1 is 0.292 bits per heavy atom. The normalized spacial score (nSPS) is 14.2. The smallest absolute Gasteiger partial charge is 0.311 e. The van der Waals surface area contributed by atoms with Crippen LogP contribution >= 0.6 is 0 Å². The molecule has 0 saturated carbocycles. The molecule has 0 fully saturated rings. The maximum absolute atomic E-state index is 13.7. The third-order valence-electron chi connectivity index (χ3n) is 22.2. The van der Waals surface area contributed by atoms with Crippen LogP contribution in [0.1, 0.15) is 499 Å². The minimum absolute atomic E-state index is 0.185. The number of allylic oxidation sites excluding steroid dienone is 7. The van der Waals surface area contributed by atoms with Crippen molar-refractivity contribution in [3.8, 4) is 0 Å². The number of rotatable bonds is 78. The van der Waals surface area contributed by atoms with Gasteiger partial charge in [-0.25, -0.2) is 0 Å². The maximum atomic E-state index is 13.7. The SMILES string of the molecule is CCCCCCCCCCCCCC/C=C\CCCCCCCCCCCCCCCCCCCC[C@@H](O)[C@@H](CCCCCCCCCCCCCCCCCCC)C(=O)OC/C=C(/C)CC/C=C(/C)CC/C=C(/C)CCC[C@@H](C)CCC[C@@H](C)CCC[C@@H](C)CCCC(C)C. The quantitative estimate of drug-likeness (QED) is 0.0375. The van der Waals surface area contributed by atoms with Gasteiger partial charge in [0.1, 0.15) is 6.61 Å². The Morgan fingerprint density at radius 2 is 0.562 bits per heavy atom. The van der Waals surface area contributed by atoms with Crippen LogP contribution in [0.4, 0.5) is 0 Å². The zero-order chi connectivity index (χ0) is 70.1. The van der Waals surface area contributed by atoms with Crippen molar-refractivity contribution in [3.05, 3.63) is 47.1 Å². The Hall–Kier alpha value is -1.61. The Balaban J connectivity index is 4.46. The fraction of sp³-hybridized carbons (Fsp3) is 0.903. The van der Waals surface area contributed by atoms with E-state index in [9.17, 15) is 9.90 Å². The van der Waals surface area contributed by atoms with Gasteiger partial charge < -0.3 is 9.84 Å². The predicted molar refractivity (Wildman–Crippen MR) is 434 cm³/mol. The third-order valence-corrected chi connectivity index (χ3v) is 22.2. The van der Waals surface area contributed by atoms with Crippen LogP contribution in [-0.2, 0) is 9.53 Å². The van der Waals surface area contributed by atoms with Gasteiger partial charge in [0.2, 0.25) is 0 Å². The van der Waals surface area contributed by atoms with E-state index in [1.54, 1.807) is 5.57 Å². The number of unbranched alkanes of at least 4 members (excludes halogenated alkanes) is 46. The number of aliphatic hydroxyl groups is 1. The zero-order valence-electron chi connectivity index (χ0n) is 67.7. The van der Waals surface area contributed by atoms with Crippen LogP contribution < -0.4 is 0 Å². The van der Waals surface area contributed by atoms with Crippen LogP contribution in [0.3, 0.4) is 0 Å². The van der Waals surface area contributed by atoms with Crippen molar-refractivity contribution in [3.63, 3.8) is 0 Å². The number of hydrogen-bond donors (Lipinski definition) is 1. The highest BCUT2D eigenvalue weighted by atomic mass is 16.5. The first-order chi connectivity index (χ1) is 46.9. The van der Waals surface area contributed by atoms with Gasteiger partial charge in [-0.15, -0.1) is 0 Å². The summed E-state index contributed by atoms with van der Waals surface area (Å²) in [4.78, 5) is 13.7. The van der Waals surface area contributed by atoms with Crippen molar-refractivity contribution in [1.29, 1.82) is 0 Å². The topological polar surface area (TPSA) is 46.5 Å². The summed E-state index contributed by atoms with van der Waals surface area (Å²) in [5, 5.41) is 11.5. The first-order valence-electron chi connectivity index (χ1n) is 44.4. The molecular formula is C93H178O3. The second kappa shape index (κ2) is 76.0. The molecular weight excluding hydrogens is 1170 g/mol. The molecule has 0 radical (unpaired) electrons. The lowest BCUT2D eigenvalue weighted by Crippen LogP contribution is -2.30. The van der Waals surface area contributed by atoms with Gasteiger partial charge in [-0.2, -0.15) is 0 Å². The molecule has 0 aromatic heterocycles. The highest BCUT2D eigenvalue weighted by Gasteiger charge is 2.27. The van der Waals surface area contributed by atoms with Crippen LogP contribution in [0, 0.1) is 29.6 Å². The largest absolute Gasteiger partial charge is 0.461 e. The van der Waals surface area contributed by atoms with Gasteiger partial charge >= 0.3 is 5.97 Å². The van der Waals surface area contributed by atoms with Gasteiger partial charge in [-0.05, 0) is 128 Å². The highest BCUT2D eigenvalue weighted by Crippen LogP contribution is 2.27. The van der Waals surface area contributed by atoms with Crippen molar-refractivity contribution < 1.29 is 14.6 Å². The maximum Gasteiger partial charge on any atom is 0.311 e. The molecule has 0 bridgehead atoms. The Labute approximate surface area is 606 Å². The van der Waals surface area contributed by atoms with E-state index < -0.39 is 12.0 Å². The fourth-order valence-electron chi connectivity index (χ4n) is 15.0. The molecule has 0 aromatic carbocycles. The fourth-order valence-corrected chi connectivity index (χ4v) is 15.0. The Bertz CT molecular complexity index is 1680.